The van der Waals surface area contributed by atoms with E-state index in [0.29, 0.717) is 30.4 Å². The molecule has 1 aromatic rings. The first-order valence-electron chi connectivity index (χ1n) is 4.77. The molecule has 1 aliphatic carbocycles. The van der Waals surface area contributed by atoms with Gasteiger partial charge in [0, 0.05) is 11.6 Å². The van der Waals surface area contributed by atoms with Gasteiger partial charge in [-0.1, -0.05) is 6.92 Å². The largest absolute Gasteiger partial charge is 0.385 e. The average Bonchev–Trinajstić information content (AvgIpc) is 2.44. The Morgan fingerprint density at radius 3 is 2.79 bits per heavy atom. The minimum atomic E-state index is -1.09. The Balaban J connectivity index is 2.60. The highest BCUT2D eigenvalue weighted by atomic mass is 19.1. The maximum absolute atomic E-state index is 13.4. The van der Waals surface area contributed by atoms with Gasteiger partial charge in [-0.15, -0.1) is 0 Å². The highest BCUT2D eigenvalue weighted by molar-refractivity contribution is 5.38. The third-order valence-electron chi connectivity index (χ3n) is 2.99. The van der Waals surface area contributed by atoms with Crippen LogP contribution in [0.15, 0.2) is 12.1 Å². The van der Waals surface area contributed by atoms with E-state index in [2.05, 4.69) is 0 Å². The lowest BCUT2D eigenvalue weighted by Crippen LogP contribution is -2.22. The summed E-state index contributed by atoms with van der Waals surface area (Å²) in [4.78, 5) is 0. The zero-order valence-corrected chi connectivity index (χ0v) is 7.98. The van der Waals surface area contributed by atoms with Crippen LogP contribution in [0.25, 0.3) is 0 Å². The number of benzene rings is 1. The van der Waals surface area contributed by atoms with E-state index in [1.165, 1.54) is 6.07 Å². The predicted octanol–water partition coefficient (Wildman–Crippen LogP) is 2.51. The molecule has 14 heavy (non-hydrogen) atoms. The molecule has 0 saturated heterocycles. The quantitative estimate of drug-likeness (QED) is 0.735. The van der Waals surface area contributed by atoms with Gasteiger partial charge in [-0.2, -0.15) is 0 Å². The zero-order chi connectivity index (χ0) is 10.3. The van der Waals surface area contributed by atoms with E-state index >= 15 is 0 Å². The SMILES string of the molecule is CCC1(O)CCc2cc(F)cc(F)c21. The third-order valence-corrected chi connectivity index (χ3v) is 2.99. The van der Waals surface area contributed by atoms with Crippen molar-refractivity contribution in [3.05, 3.63) is 34.9 Å². The van der Waals surface area contributed by atoms with Crippen LogP contribution in [0, 0.1) is 11.6 Å². The lowest BCUT2D eigenvalue weighted by molar-refractivity contribution is 0.0313. The molecule has 0 amide bonds. The van der Waals surface area contributed by atoms with Crippen LogP contribution < -0.4 is 0 Å². The third kappa shape index (κ3) is 1.23. The predicted molar refractivity (Wildman–Crippen MR) is 48.9 cm³/mol. The van der Waals surface area contributed by atoms with Gasteiger partial charge in [-0.25, -0.2) is 8.78 Å². The van der Waals surface area contributed by atoms with Gasteiger partial charge in [0.25, 0.3) is 0 Å². The van der Waals surface area contributed by atoms with Crippen molar-refractivity contribution in [1.82, 2.24) is 0 Å². The molecular weight excluding hydrogens is 186 g/mol. The molecule has 1 atom stereocenters. The van der Waals surface area contributed by atoms with Crippen molar-refractivity contribution in [3.63, 3.8) is 0 Å². The molecule has 2 rings (SSSR count). The van der Waals surface area contributed by atoms with Crippen molar-refractivity contribution in [2.24, 2.45) is 0 Å². The number of fused-ring (bicyclic) bond motifs is 1. The fourth-order valence-corrected chi connectivity index (χ4v) is 2.17. The van der Waals surface area contributed by atoms with Crippen LogP contribution in [0.2, 0.25) is 0 Å². The lowest BCUT2D eigenvalue weighted by Gasteiger charge is -2.22. The summed E-state index contributed by atoms with van der Waals surface area (Å²) in [6, 6.07) is 2.15. The lowest BCUT2D eigenvalue weighted by atomic mass is 9.93. The molecule has 1 aliphatic rings. The molecule has 3 heteroatoms. The van der Waals surface area contributed by atoms with E-state index < -0.39 is 17.2 Å². The molecule has 0 bridgehead atoms. The minimum Gasteiger partial charge on any atom is -0.385 e. The number of hydrogen-bond acceptors (Lipinski definition) is 1. The van der Waals surface area contributed by atoms with Gasteiger partial charge >= 0.3 is 0 Å². The minimum absolute atomic E-state index is 0.293. The molecule has 0 heterocycles. The summed E-state index contributed by atoms with van der Waals surface area (Å²) in [6.45, 7) is 1.80. The number of aryl methyl sites for hydroxylation is 1. The second-order valence-electron chi connectivity index (χ2n) is 3.81. The molecular formula is C11H12F2O. The van der Waals surface area contributed by atoms with E-state index in [1.807, 2.05) is 0 Å². The Bertz CT molecular complexity index is 376. The molecule has 1 unspecified atom stereocenters. The van der Waals surface area contributed by atoms with Crippen molar-refractivity contribution in [2.75, 3.05) is 0 Å². The van der Waals surface area contributed by atoms with Crippen molar-refractivity contribution < 1.29 is 13.9 Å². The second kappa shape index (κ2) is 3.02. The van der Waals surface area contributed by atoms with Crippen LogP contribution in [-0.4, -0.2) is 5.11 Å². The molecule has 0 aliphatic heterocycles. The summed E-state index contributed by atoms with van der Waals surface area (Å²) < 4.78 is 26.3. The molecule has 76 valence electrons. The maximum atomic E-state index is 13.4. The van der Waals surface area contributed by atoms with Gasteiger partial charge < -0.3 is 5.11 Å². The molecule has 1 aromatic carbocycles. The summed E-state index contributed by atoms with van der Waals surface area (Å²) in [5.74, 6) is -1.19. The summed E-state index contributed by atoms with van der Waals surface area (Å²) in [5, 5.41) is 10.1. The van der Waals surface area contributed by atoms with Gasteiger partial charge in [-0.3, -0.25) is 0 Å². The topological polar surface area (TPSA) is 20.2 Å². The Morgan fingerprint density at radius 2 is 2.14 bits per heavy atom. The van der Waals surface area contributed by atoms with Crippen LogP contribution in [0.4, 0.5) is 8.78 Å². The van der Waals surface area contributed by atoms with Gasteiger partial charge in [-0.05, 0) is 30.9 Å². The zero-order valence-electron chi connectivity index (χ0n) is 7.98. The smallest absolute Gasteiger partial charge is 0.132 e. The van der Waals surface area contributed by atoms with E-state index in [-0.39, 0.29) is 0 Å². The first-order chi connectivity index (χ1) is 6.57. The number of aliphatic hydroxyl groups is 1. The molecule has 1 nitrogen and oxygen atoms in total. The Morgan fingerprint density at radius 1 is 1.43 bits per heavy atom. The fourth-order valence-electron chi connectivity index (χ4n) is 2.17. The highest BCUT2D eigenvalue weighted by Gasteiger charge is 2.37. The van der Waals surface area contributed by atoms with E-state index in [4.69, 9.17) is 0 Å². The van der Waals surface area contributed by atoms with E-state index in [0.717, 1.165) is 6.07 Å². The average molecular weight is 198 g/mol. The molecule has 0 spiro atoms. The van der Waals surface area contributed by atoms with Crippen LogP contribution in [0.1, 0.15) is 30.9 Å². The normalized spacial score (nSPS) is 25.1. The van der Waals surface area contributed by atoms with Gasteiger partial charge in [0.05, 0.1) is 5.60 Å². The fraction of sp³-hybridized carbons (Fsp3) is 0.455. The van der Waals surface area contributed by atoms with E-state index in [1.54, 1.807) is 6.92 Å². The number of halogens is 2. The van der Waals surface area contributed by atoms with E-state index in [9.17, 15) is 13.9 Å². The number of rotatable bonds is 1. The Labute approximate surface area is 81.4 Å². The van der Waals surface area contributed by atoms with Gasteiger partial charge in [0.15, 0.2) is 0 Å². The summed E-state index contributed by atoms with van der Waals surface area (Å²) >= 11 is 0. The van der Waals surface area contributed by atoms with Crippen molar-refractivity contribution in [1.29, 1.82) is 0 Å². The summed E-state index contributed by atoms with van der Waals surface area (Å²) in [6.07, 6.45) is 1.50. The monoisotopic (exact) mass is 198 g/mol. The van der Waals surface area contributed by atoms with Crippen molar-refractivity contribution in [3.8, 4) is 0 Å². The number of hydrogen-bond donors (Lipinski definition) is 1. The van der Waals surface area contributed by atoms with Crippen LogP contribution >= 0.6 is 0 Å². The standard InChI is InChI=1S/C11H12F2O/c1-2-11(14)4-3-7-5-8(12)6-9(13)10(7)11/h5-6,14H,2-4H2,1H3. The van der Waals surface area contributed by atoms with Crippen molar-refractivity contribution in [2.45, 2.75) is 31.8 Å². The molecule has 0 aromatic heterocycles. The second-order valence-corrected chi connectivity index (χ2v) is 3.81. The van der Waals surface area contributed by atoms with Crippen LogP contribution in [0.3, 0.4) is 0 Å². The first kappa shape index (κ1) is 9.59. The molecule has 1 N–H and O–H groups in total. The van der Waals surface area contributed by atoms with Gasteiger partial charge in [0.1, 0.15) is 11.6 Å². The molecule has 0 fully saturated rings. The Hall–Kier alpha value is -0.960. The summed E-state index contributed by atoms with van der Waals surface area (Å²) in [5.41, 5.74) is -0.194. The Kier molecular flexibility index (Phi) is 2.07. The van der Waals surface area contributed by atoms with Crippen LogP contribution in [0.5, 0.6) is 0 Å². The van der Waals surface area contributed by atoms with Crippen LogP contribution in [-0.2, 0) is 12.0 Å². The first-order valence-corrected chi connectivity index (χ1v) is 4.77. The maximum Gasteiger partial charge on any atom is 0.132 e. The van der Waals surface area contributed by atoms with Crippen molar-refractivity contribution >= 4 is 0 Å². The molecule has 0 radical (unpaired) electrons. The highest BCUT2D eigenvalue weighted by Crippen LogP contribution is 2.40. The van der Waals surface area contributed by atoms with Gasteiger partial charge in [0.2, 0.25) is 0 Å². The summed E-state index contributed by atoms with van der Waals surface area (Å²) in [7, 11) is 0. The molecule has 0 saturated carbocycles.